The minimum atomic E-state index is -0.296. The second-order valence-corrected chi connectivity index (χ2v) is 3.47. The van der Waals surface area contributed by atoms with E-state index in [9.17, 15) is 4.79 Å². The predicted octanol–water partition coefficient (Wildman–Crippen LogP) is 1.19. The number of hydrogen-bond acceptors (Lipinski definition) is 2. The van der Waals surface area contributed by atoms with Gasteiger partial charge in [0, 0.05) is 11.7 Å². The normalized spacial score (nSPS) is 12.7. The van der Waals surface area contributed by atoms with Gasteiger partial charge in [0.15, 0.2) is 0 Å². The quantitative estimate of drug-likeness (QED) is 0.437. The van der Waals surface area contributed by atoms with Gasteiger partial charge in [-0.25, -0.2) is 5.84 Å². The zero-order valence-corrected chi connectivity index (χ0v) is 8.47. The molecule has 1 unspecified atom stereocenters. The van der Waals surface area contributed by atoms with E-state index in [4.69, 9.17) is 5.84 Å². The summed E-state index contributed by atoms with van der Waals surface area (Å²) in [5.41, 5.74) is 3.19. The van der Waals surface area contributed by atoms with E-state index in [1.54, 1.807) is 0 Å². The number of rotatable bonds is 2. The van der Waals surface area contributed by atoms with Crippen molar-refractivity contribution in [3.8, 4) is 0 Å². The van der Waals surface area contributed by atoms with E-state index in [1.165, 1.54) is 0 Å². The van der Waals surface area contributed by atoms with Gasteiger partial charge in [-0.05, 0) is 24.4 Å². The predicted molar refractivity (Wildman–Crippen MR) is 59.0 cm³/mol. The van der Waals surface area contributed by atoms with Crippen molar-refractivity contribution in [2.24, 2.45) is 5.84 Å². The maximum Gasteiger partial charge on any atom is 0.256 e. The molecule has 0 spiro atoms. The number of aromatic nitrogens is 1. The Labute approximate surface area is 87.6 Å². The first kappa shape index (κ1) is 9.73. The lowest BCUT2D eigenvalue weighted by molar-refractivity contribution is -0.123. The Morgan fingerprint density at radius 2 is 2.13 bits per heavy atom. The van der Waals surface area contributed by atoms with Gasteiger partial charge in [0.1, 0.15) is 6.04 Å². The highest BCUT2D eigenvalue weighted by atomic mass is 16.2. The van der Waals surface area contributed by atoms with Gasteiger partial charge in [0.2, 0.25) is 0 Å². The number of nitrogens with zero attached hydrogens (tertiary/aromatic N) is 1. The molecular formula is C11H13N3O. The van der Waals surface area contributed by atoms with Gasteiger partial charge < -0.3 is 4.57 Å². The lowest BCUT2D eigenvalue weighted by Crippen LogP contribution is -2.35. The molecule has 3 N–H and O–H groups in total. The number of amides is 1. The van der Waals surface area contributed by atoms with Gasteiger partial charge in [-0.3, -0.25) is 10.2 Å². The minimum absolute atomic E-state index is 0.198. The van der Waals surface area contributed by atoms with Crippen LogP contribution < -0.4 is 11.3 Å². The maximum atomic E-state index is 11.4. The summed E-state index contributed by atoms with van der Waals surface area (Å²) in [6.07, 6.45) is 1.89. The topological polar surface area (TPSA) is 60.1 Å². The summed E-state index contributed by atoms with van der Waals surface area (Å²) in [5, 5.41) is 1.12. The largest absolute Gasteiger partial charge is 0.335 e. The average molecular weight is 203 g/mol. The van der Waals surface area contributed by atoms with E-state index >= 15 is 0 Å². The summed E-state index contributed by atoms with van der Waals surface area (Å²) in [6.45, 7) is 1.81. The van der Waals surface area contributed by atoms with Gasteiger partial charge in [-0.2, -0.15) is 0 Å². The van der Waals surface area contributed by atoms with E-state index < -0.39 is 0 Å². The van der Waals surface area contributed by atoms with Crippen molar-refractivity contribution in [3.05, 3.63) is 36.5 Å². The fraction of sp³-hybridized carbons (Fsp3) is 0.182. The Bertz CT molecular complexity index is 489. The van der Waals surface area contributed by atoms with Crippen LogP contribution in [-0.4, -0.2) is 10.5 Å². The number of carbonyl (C=O) groups is 1. The molecule has 0 radical (unpaired) electrons. The van der Waals surface area contributed by atoms with Crippen LogP contribution in [0.25, 0.3) is 10.9 Å². The second kappa shape index (κ2) is 3.74. The van der Waals surface area contributed by atoms with E-state index in [2.05, 4.69) is 5.43 Å². The SMILES string of the molecule is CC(C(=O)NN)n1ccc2ccccc21. The fourth-order valence-corrected chi connectivity index (χ4v) is 1.69. The van der Waals surface area contributed by atoms with Gasteiger partial charge in [0.05, 0.1) is 0 Å². The first-order valence-electron chi connectivity index (χ1n) is 4.80. The van der Waals surface area contributed by atoms with Crippen molar-refractivity contribution in [1.82, 2.24) is 9.99 Å². The molecule has 2 aromatic rings. The van der Waals surface area contributed by atoms with Gasteiger partial charge >= 0.3 is 0 Å². The number of para-hydroxylation sites is 1. The first-order valence-corrected chi connectivity index (χ1v) is 4.80. The van der Waals surface area contributed by atoms with Crippen LogP contribution >= 0.6 is 0 Å². The zero-order chi connectivity index (χ0) is 10.8. The molecule has 1 aromatic carbocycles. The lowest BCUT2D eigenvalue weighted by atomic mass is 10.2. The van der Waals surface area contributed by atoms with Gasteiger partial charge in [0.25, 0.3) is 5.91 Å². The monoisotopic (exact) mass is 203 g/mol. The molecule has 1 aromatic heterocycles. The van der Waals surface area contributed by atoms with Crippen molar-refractivity contribution in [3.63, 3.8) is 0 Å². The molecule has 0 bridgehead atoms. The van der Waals surface area contributed by atoms with Crippen molar-refractivity contribution < 1.29 is 4.79 Å². The fourth-order valence-electron chi connectivity index (χ4n) is 1.69. The highest BCUT2D eigenvalue weighted by molar-refractivity contribution is 5.85. The molecule has 4 heteroatoms. The molecule has 78 valence electrons. The van der Waals surface area contributed by atoms with Crippen LogP contribution in [0, 0.1) is 0 Å². The van der Waals surface area contributed by atoms with Crippen molar-refractivity contribution in [2.45, 2.75) is 13.0 Å². The molecule has 0 aliphatic rings. The first-order chi connectivity index (χ1) is 7.24. The number of nitrogens with one attached hydrogen (secondary N) is 1. The minimum Gasteiger partial charge on any atom is -0.335 e. The standard InChI is InChI=1S/C11H13N3O/c1-8(11(15)13-12)14-7-6-9-4-2-3-5-10(9)14/h2-8H,12H2,1H3,(H,13,15). The Morgan fingerprint density at radius 1 is 1.40 bits per heavy atom. The molecule has 1 atom stereocenters. The molecule has 0 aliphatic carbocycles. The van der Waals surface area contributed by atoms with Crippen LogP contribution in [0.3, 0.4) is 0 Å². The molecule has 2 rings (SSSR count). The number of fused-ring (bicyclic) bond motifs is 1. The summed E-state index contributed by atoms with van der Waals surface area (Å²) >= 11 is 0. The summed E-state index contributed by atoms with van der Waals surface area (Å²) in [5.74, 6) is 4.91. The van der Waals surface area contributed by atoms with Crippen LogP contribution in [0.15, 0.2) is 36.5 Å². The lowest BCUT2D eigenvalue weighted by Gasteiger charge is -2.13. The smallest absolute Gasteiger partial charge is 0.256 e. The molecule has 15 heavy (non-hydrogen) atoms. The van der Waals surface area contributed by atoms with E-state index in [-0.39, 0.29) is 11.9 Å². The highest BCUT2D eigenvalue weighted by Gasteiger charge is 2.14. The number of hydrogen-bond donors (Lipinski definition) is 2. The molecule has 0 saturated carbocycles. The molecule has 1 amide bonds. The third kappa shape index (κ3) is 1.59. The highest BCUT2D eigenvalue weighted by Crippen LogP contribution is 2.19. The van der Waals surface area contributed by atoms with Gasteiger partial charge in [-0.1, -0.05) is 18.2 Å². The molecule has 1 heterocycles. The summed E-state index contributed by atoms with van der Waals surface area (Å²) in [4.78, 5) is 11.4. The second-order valence-electron chi connectivity index (χ2n) is 3.47. The summed E-state index contributed by atoms with van der Waals surface area (Å²) in [6, 6.07) is 9.60. The summed E-state index contributed by atoms with van der Waals surface area (Å²) in [7, 11) is 0. The number of hydrazine groups is 1. The molecule has 0 saturated heterocycles. The molecule has 0 aliphatic heterocycles. The average Bonchev–Trinajstić information content (AvgIpc) is 2.70. The number of nitrogens with two attached hydrogens (primary N) is 1. The third-order valence-corrected chi connectivity index (χ3v) is 2.57. The number of carbonyl (C=O) groups excluding carboxylic acids is 1. The third-order valence-electron chi connectivity index (χ3n) is 2.57. The van der Waals surface area contributed by atoms with Crippen LogP contribution in [0.4, 0.5) is 0 Å². The Morgan fingerprint density at radius 3 is 2.87 bits per heavy atom. The summed E-state index contributed by atoms with van der Waals surface area (Å²) < 4.78 is 1.90. The van der Waals surface area contributed by atoms with Crippen LogP contribution in [0.5, 0.6) is 0 Å². The Balaban J connectivity index is 2.48. The van der Waals surface area contributed by atoms with E-state index in [0.29, 0.717) is 0 Å². The van der Waals surface area contributed by atoms with Crippen molar-refractivity contribution >= 4 is 16.8 Å². The Kier molecular flexibility index (Phi) is 2.43. The molecular weight excluding hydrogens is 190 g/mol. The van der Waals surface area contributed by atoms with Crippen LogP contribution in [-0.2, 0) is 4.79 Å². The van der Waals surface area contributed by atoms with Crippen molar-refractivity contribution in [2.75, 3.05) is 0 Å². The van der Waals surface area contributed by atoms with Crippen LogP contribution in [0.1, 0.15) is 13.0 Å². The maximum absolute atomic E-state index is 11.4. The van der Waals surface area contributed by atoms with E-state index in [0.717, 1.165) is 10.9 Å². The number of benzene rings is 1. The zero-order valence-electron chi connectivity index (χ0n) is 8.47. The van der Waals surface area contributed by atoms with Crippen LogP contribution in [0.2, 0.25) is 0 Å². The molecule has 4 nitrogen and oxygen atoms in total. The van der Waals surface area contributed by atoms with Crippen molar-refractivity contribution in [1.29, 1.82) is 0 Å². The van der Waals surface area contributed by atoms with E-state index in [1.807, 2.05) is 48.0 Å². The molecule has 0 fully saturated rings. The van der Waals surface area contributed by atoms with Gasteiger partial charge in [-0.15, -0.1) is 0 Å². The Hall–Kier alpha value is -1.81.